The molecule has 10 heteroatoms. The summed E-state index contributed by atoms with van der Waals surface area (Å²) in [5.74, 6) is -0.784. The van der Waals surface area contributed by atoms with E-state index in [0.29, 0.717) is 5.75 Å². The maximum absolute atomic E-state index is 13.3. The molecule has 3 aromatic rings. The molecule has 0 spiro atoms. The number of rotatable bonds is 9. The third-order valence-electron chi connectivity index (χ3n) is 5.24. The molecule has 0 saturated heterocycles. The van der Waals surface area contributed by atoms with E-state index in [1.165, 1.54) is 63.0 Å². The van der Waals surface area contributed by atoms with Crippen LogP contribution in [0.3, 0.4) is 0 Å². The number of benzene rings is 3. The molecule has 0 aliphatic carbocycles. The Morgan fingerprint density at radius 1 is 0.914 bits per heavy atom. The Labute approximate surface area is 204 Å². The molecule has 0 aromatic heterocycles. The molecule has 1 N–H and O–H groups in total. The van der Waals surface area contributed by atoms with Gasteiger partial charge in [0.05, 0.1) is 32.6 Å². The molecular formula is C25H26N2O7S. The maximum atomic E-state index is 13.3. The van der Waals surface area contributed by atoms with E-state index in [4.69, 9.17) is 14.2 Å². The summed E-state index contributed by atoms with van der Waals surface area (Å²) in [6.45, 7) is 0.136. The van der Waals surface area contributed by atoms with Crippen LogP contribution in [0, 0.1) is 0 Å². The first-order valence-electron chi connectivity index (χ1n) is 10.5. The Kier molecular flexibility index (Phi) is 8.10. The number of hydrogen-bond donors (Lipinski definition) is 1. The van der Waals surface area contributed by atoms with Crippen LogP contribution in [0.1, 0.15) is 26.3 Å². The normalized spacial score (nSPS) is 11.1. The Morgan fingerprint density at radius 2 is 1.63 bits per heavy atom. The van der Waals surface area contributed by atoms with Crippen LogP contribution in [-0.2, 0) is 21.3 Å². The van der Waals surface area contributed by atoms with Gasteiger partial charge in [0.2, 0.25) is 10.0 Å². The first kappa shape index (κ1) is 25.7. The molecule has 0 heterocycles. The van der Waals surface area contributed by atoms with Gasteiger partial charge in [-0.15, -0.1) is 0 Å². The van der Waals surface area contributed by atoms with Gasteiger partial charge in [0.1, 0.15) is 16.4 Å². The van der Waals surface area contributed by atoms with Crippen LogP contribution in [-0.4, -0.2) is 53.0 Å². The van der Waals surface area contributed by atoms with E-state index in [-0.39, 0.29) is 34.0 Å². The molecule has 0 radical (unpaired) electrons. The molecular weight excluding hydrogens is 472 g/mol. The summed E-state index contributed by atoms with van der Waals surface area (Å²) in [6, 6.07) is 17.7. The molecule has 0 bridgehead atoms. The van der Waals surface area contributed by atoms with Crippen LogP contribution in [0.4, 0.5) is 5.69 Å². The fourth-order valence-electron chi connectivity index (χ4n) is 3.35. The molecule has 0 unspecified atom stereocenters. The van der Waals surface area contributed by atoms with E-state index < -0.39 is 21.9 Å². The first-order chi connectivity index (χ1) is 16.7. The summed E-state index contributed by atoms with van der Waals surface area (Å²) in [6.07, 6.45) is 0. The van der Waals surface area contributed by atoms with Crippen molar-refractivity contribution in [3.05, 3.63) is 83.4 Å². The fourth-order valence-corrected chi connectivity index (χ4v) is 4.68. The molecule has 1 amide bonds. The van der Waals surface area contributed by atoms with Crippen molar-refractivity contribution in [3.63, 3.8) is 0 Å². The zero-order valence-electron chi connectivity index (χ0n) is 19.8. The van der Waals surface area contributed by atoms with Gasteiger partial charge in [-0.2, -0.15) is 4.31 Å². The topological polar surface area (TPSA) is 111 Å². The predicted octanol–water partition coefficient (Wildman–Crippen LogP) is 3.56. The molecule has 9 nitrogen and oxygen atoms in total. The van der Waals surface area contributed by atoms with Crippen molar-refractivity contribution in [2.24, 2.45) is 0 Å². The van der Waals surface area contributed by atoms with E-state index in [0.717, 1.165) is 5.56 Å². The van der Waals surface area contributed by atoms with Crippen molar-refractivity contribution in [3.8, 4) is 11.5 Å². The Hall–Kier alpha value is -3.89. The lowest BCUT2D eigenvalue weighted by atomic mass is 10.1. The summed E-state index contributed by atoms with van der Waals surface area (Å²) < 4.78 is 43.0. The van der Waals surface area contributed by atoms with Crippen molar-refractivity contribution < 1.29 is 32.2 Å². The summed E-state index contributed by atoms with van der Waals surface area (Å²) >= 11 is 0. The molecule has 35 heavy (non-hydrogen) atoms. The van der Waals surface area contributed by atoms with Crippen LogP contribution in [0.15, 0.2) is 71.6 Å². The monoisotopic (exact) mass is 498 g/mol. The number of nitrogens with one attached hydrogen (secondary N) is 1. The smallest absolute Gasteiger partial charge is 0.340 e. The molecule has 0 aliphatic rings. The zero-order valence-corrected chi connectivity index (χ0v) is 20.6. The maximum Gasteiger partial charge on any atom is 0.340 e. The number of esters is 1. The second kappa shape index (κ2) is 11.0. The number of anilines is 1. The molecule has 184 valence electrons. The highest BCUT2D eigenvalue weighted by atomic mass is 32.2. The van der Waals surface area contributed by atoms with Gasteiger partial charge >= 0.3 is 5.97 Å². The van der Waals surface area contributed by atoms with E-state index in [9.17, 15) is 18.0 Å². The molecule has 0 fully saturated rings. The fraction of sp³-hybridized carbons (Fsp3) is 0.200. The molecule has 0 aliphatic heterocycles. The number of methoxy groups -OCH3 is 3. The number of sulfonamides is 1. The van der Waals surface area contributed by atoms with Gasteiger partial charge in [-0.25, -0.2) is 13.2 Å². The number of hydrogen-bond acceptors (Lipinski definition) is 7. The van der Waals surface area contributed by atoms with Crippen LogP contribution < -0.4 is 14.8 Å². The first-order valence-corrected chi connectivity index (χ1v) is 11.9. The lowest BCUT2D eigenvalue weighted by Crippen LogP contribution is -2.27. The number of carbonyl (C=O) groups excluding carboxylic acids is 2. The highest BCUT2D eigenvalue weighted by Gasteiger charge is 2.27. The number of carbonyl (C=O) groups is 2. The van der Waals surface area contributed by atoms with Crippen LogP contribution in [0.25, 0.3) is 0 Å². The van der Waals surface area contributed by atoms with Gasteiger partial charge in [0.25, 0.3) is 5.91 Å². The second-order valence-electron chi connectivity index (χ2n) is 7.47. The third kappa shape index (κ3) is 5.79. The lowest BCUT2D eigenvalue weighted by Gasteiger charge is -2.19. The number of nitrogens with zero attached hydrogens (tertiary/aromatic N) is 1. The zero-order chi connectivity index (χ0) is 25.6. The van der Waals surface area contributed by atoms with Crippen molar-refractivity contribution in [2.45, 2.75) is 11.4 Å². The Balaban J connectivity index is 1.94. The standard InChI is InChI=1S/C25H26N2O7S/c1-27(16-17-8-6-5-7-9-17)35(30,31)23-14-18(10-13-22(23)33-3)24(28)26-21-12-11-19(32-2)15-20(21)25(29)34-4/h5-15H,16H2,1-4H3,(H,26,28). The Morgan fingerprint density at radius 3 is 2.26 bits per heavy atom. The van der Waals surface area contributed by atoms with E-state index in [1.807, 2.05) is 30.3 Å². The Bertz CT molecular complexity index is 1320. The highest BCUT2D eigenvalue weighted by molar-refractivity contribution is 7.89. The minimum atomic E-state index is -4.01. The lowest BCUT2D eigenvalue weighted by molar-refractivity contribution is 0.0601. The van der Waals surface area contributed by atoms with Crippen molar-refractivity contribution in [1.29, 1.82) is 0 Å². The van der Waals surface area contributed by atoms with E-state index >= 15 is 0 Å². The summed E-state index contributed by atoms with van der Waals surface area (Å²) in [7, 11) is 1.47. The van der Waals surface area contributed by atoms with Crippen LogP contribution in [0.2, 0.25) is 0 Å². The average Bonchev–Trinajstić information content (AvgIpc) is 2.88. The minimum Gasteiger partial charge on any atom is -0.497 e. The van der Waals surface area contributed by atoms with Gasteiger partial charge in [0.15, 0.2) is 0 Å². The number of ether oxygens (including phenoxy) is 3. The minimum absolute atomic E-state index is 0.0594. The van der Waals surface area contributed by atoms with Gasteiger partial charge in [-0.05, 0) is 42.0 Å². The van der Waals surface area contributed by atoms with Gasteiger partial charge < -0.3 is 19.5 Å². The summed E-state index contributed by atoms with van der Waals surface area (Å²) in [5.41, 5.74) is 1.14. The second-order valence-corrected chi connectivity index (χ2v) is 9.48. The summed E-state index contributed by atoms with van der Waals surface area (Å²) in [5, 5.41) is 2.63. The van der Waals surface area contributed by atoms with Crippen molar-refractivity contribution in [2.75, 3.05) is 33.7 Å². The molecule has 0 atom stereocenters. The van der Waals surface area contributed by atoms with Crippen molar-refractivity contribution >= 4 is 27.6 Å². The molecule has 3 rings (SSSR count). The van der Waals surface area contributed by atoms with Crippen LogP contribution >= 0.6 is 0 Å². The quantitative estimate of drug-likeness (QED) is 0.449. The SMILES string of the molecule is COC(=O)c1cc(OC)ccc1NC(=O)c1ccc(OC)c(S(=O)(=O)N(C)Cc2ccccc2)c1. The predicted molar refractivity (Wildman–Crippen MR) is 130 cm³/mol. The average molecular weight is 499 g/mol. The summed E-state index contributed by atoms with van der Waals surface area (Å²) in [4.78, 5) is 25.1. The highest BCUT2D eigenvalue weighted by Crippen LogP contribution is 2.29. The molecule has 3 aromatic carbocycles. The van der Waals surface area contributed by atoms with Crippen LogP contribution in [0.5, 0.6) is 11.5 Å². The van der Waals surface area contributed by atoms with Gasteiger partial charge in [0, 0.05) is 19.2 Å². The third-order valence-corrected chi connectivity index (χ3v) is 7.07. The van der Waals surface area contributed by atoms with Gasteiger partial charge in [-0.3, -0.25) is 4.79 Å². The van der Waals surface area contributed by atoms with E-state index in [2.05, 4.69) is 5.32 Å². The van der Waals surface area contributed by atoms with Crippen molar-refractivity contribution in [1.82, 2.24) is 4.31 Å². The number of amides is 1. The molecule has 0 saturated carbocycles. The van der Waals surface area contributed by atoms with Gasteiger partial charge in [-0.1, -0.05) is 30.3 Å². The largest absolute Gasteiger partial charge is 0.497 e. The van der Waals surface area contributed by atoms with E-state index in [1.54, 1.807) is 6.07 Å².